The van der Waals surface area contributed by atoms with E-state index in [1.165, 1.54) is 4.31 Å². The van der Waals surface area contributed by atoms with E-state index in [-0.39, 0.29) is 4.90 Å². The maximum absolute atomic E-state index is 14.0. The van der Waals surface area contributed by atoms with Gasteiger partial charge in [0.25, 0.3) is 10.0 Å². The molecule has 7 heteroatoms. The maximum atomic E-state index is 14.0. The molecule has 1 aliphatic rings. The lowest BCUT2D eigenvalue weighted by atomic mass is 9.69. The summed E-state index contributed by atoms with van der Waals surface area (Å²) in [4.78, 5) is 4.59. The number of H-pyrrole nitrogens is 1. The van der Waals surface area contributed by atoms with Crippen LogP contribution in [0.2, 0.25) is 0 Å². The summed E-state index contributed by atoms with van der Waals surface area (Å²) < 4.78 is 29.4. The number of hydrogen-bond acceptors (Lipinski definition) is 4. The molecule has 0 saturated heterocycles. The fourth-order valence-electron chi connectivity index (χ4n) is 5.08. The van der Waals surface area contributed by atoms with E-state index in [0.29, 0.717) is 17.9 Å². The number of benzene rings is 3. The van der Waals surface area contributed by atoms with Crippen LogP contribution in [-0.4, -0.2) is 23.6 Å². The van der Waals surface area contributed by atoms with Crippen LogP contribution in [0.15, 0.2) is 120 Å². The van der Waals surface area contributed by atoms with Crippen molar-refractivity contribution in [3.63, 3.8) is 0 Å². The van der Waals surface area contributed by atoms with Crippen LogP contribution in [0.3, 0.4) is 0 Å². The van der Waals surface area contributed by atoms with Crippen molar-refractivity contribution < 1.29 is 8.42 Å². The van der Waals surface area contributed by atoms with Gasteiger partial charge >= 0.3 is 0 Å². The molecule has 6 rings (SSSR count). The van der Waals surface area contributed by atoms with Gasteiger partial charge in [-0.05, 0) is 48.4 Å². The second kappa shape index (κ2) is 9.43. The molecule has 3 aromatic carbocycles. The predicted molar refractivity (Wildman–Crippen MR) is 150 cm³/mol. The topological polar surface area (TPSA) is 79.0 Å². The molecule has 2 aromatic heterocycles. The lowest BCUT2D eigenvalue weighted by Gasteiger charge is -2.34. The number of aromatic amines is 1. The molecule has 0 spiro atoms. The highest BCUT2D eigenvalue weighted by Crippen LogP contribution is 2.44. The molecular weight excluding hydrogens is 492 g/mol. The molecule has 0 bridgehead atoms. The standard InChI is InChI=1S/C31H26N4O2S/c1-23-14-16-27(17-15-23)38(36,37)35(26-12-6-3-7-13-26)30-28-18-19-31(21-29(28)33-34-30,24-9-4-2-5-10-24)25-11-8-20-32-22-25/h2-20,22H,21H2,1H3,(H,33,34). The molecule has 6 nitrogen and oxygen atoms in total. The molecule has 0 saturated carbocycles. The van der Waals surface area contributed by atoms with Gasteiger partial charge in [0.05, 0.1) is 10.6 Å². The number of aryl methyl sites for hydroxylation is 1. The van der Waals surface area contributed by atoms with E-state index in [1.54, 1.807) is 42.6 Å². The monoisotopic (exact) mass is 518 g/mol. The maximum Gasteiger partial charge on any atom is 0.269 e. The number of hydrogen-bond donors (Lipinski definition) is 1. The minimum absolute atomic E-state index is 0.206. The lowest BCUT2D eigenvalue weighted by molar-refractivity contribution is 0.595. The van der Waals surface area contributed by atoms with Gasteiger partial charge in [-0.3, -0.25) is 10.1 Å². The lowest BCUT2D eigenvalue weighted by Crippen LogP contribution is -2.31. The number of pyridine rings is 1. The van der Waals surface area contributed by atoms with Crippen LogP contribution in [0.4, 0.5) is 11.5 Å². The van der Waals surface area contributed by atoms with Crippen LogP contribution in [0, 0.1) is 6.92 Å². The molecule has 1 N–H and O–H groups in total. The van der Waals surface area contributed by atoms with E-state index >= 15 is 0 Å². The van der Waals surface area contributed by atoms with Gasteiger partial charge in [0.2, 0.25) is 0 Å². The number of allylic oxidation sites excluding steroid dienone is 1. The van der Waals surface area contributed by atoms with Crippen molar-refractivity contribution in [2.45, 2.75) is 23.7 Å². The molecule has 0 aliphatic heterocycles. The highest BCUT2D eigenvalue weighted by molar-refractivity contribution is 7.93. The first-order valence-electron chi connectivity index (χ1n) is 12.4. The summed E-state index contributed by atoms with van der Waals surface area (Å²) in [6.45, 7) is 1.93. The minimum Gasteiger partial charge on any atom is -0.280 e. The quantitative estimate of drug-likeness (QED) is 0.290. The Morgan fingerprint density at radius 2 is 1.53 bits per heavy atom. The number of nitrogens with one attached hydrogen (secondary N) is 1. The van der Waals surface area contributed by atoms with Gasteiger partial charge in [0.1, 0.15) is 0 Å². The highest BCUT2D eigenvalue weighted by atomic mass is 32.2. The second-order valence-corrected chi connectivity index (χ2v) is 11.2. The van der Waals surface area contributed by atoms with Crippen LogP contribution >= 0.6 is 0 Å². The normalized spacial score (nSPS) is 16.7. The molecular formula is C31H26N4O2S. The molecule has 0 radical (unpaired) electrons. The van der Waals surface area contributed by atoms with E-state index in [2.05, 4.69) is 39.5 Å². The van der Waals surface area contributed by atoms with E-state index < -0.39 is 15.4 Å². The van der Waals surface area contributed by atoms with Gasteiger partial charge in [0, 0.05) is 35.5 Å². The zero-order valence-electron chi connectivity index (χ0n) is 20.8. The Bertz CT molecular complexity index is 1660. The largest absolute Gasteiger partial charge is 0.280 e. The van der Waals surface area contributed by atoms with Gasteiger partial charge in [-0.15, -0.1) is 0 Å². The first kappa shape index (κ1) is 23.9. The van der Waals surface area contributed by atoms with Gasteiger partial charge in [-0.2, -0.15) is 5.10 Å². The molecule has 0 amide bonds. The van der Waals surface area contributed by atoms with Gasteiger partial charge in [-0.1, -0.05) is 84.4 Å². The van der Waals surface area contributed by atoms with E-state index in [9.17, 15) is 8.42 Å². The molecule has 1 unspecified atom stereocenters. The second-order valence-electron chi connectivity index (χ2n) is 9.45. The Balaban J connectivity index is 1.51. The Hall–Kier alpha value is -4.49. The van der Waals surface area contributed by atoms with E-state index in [1.807, 2.05) is 61.7 Å². The fourth-order valence-corrected chi connectivity index (χ4v) is 6.54. The van der Waals surface area contributed by atoms with Gasteiger partial charge < -0.3 is 0 Å². The summed E-state index contributed by atoms with van der Waals surface area (Å²) in [5.41, 5.74) is 4.82. The number of aromatic nitrogens is 3. The van der Waals surface area contributed by atoms with Crippen molar-refractivity contribution in [3.05, 3.63) is 143 Å². The number of para-hydroxylation sites is 1. The Labute approximate surface area is 222 Å². The predicted octanol–water partition coefficient (Wildman–Crippen LogP) is 6.20. The highest BCUT2D eigenvalue weighted by Gasteiger charge is 2.39. The summed E-state index contributed by atoms with van der Waals surface area (Å²) in [7, 11) is -3.95. The van der Waals surface area contributed by atoms with E-state index in [4.69, 9.17) is 0 Å². The third-order valence-corrected chi connectivity index (χ3v) is 8.79. The van der Waals surface area contributed by atoms with Crippen molar-refractivity contribution in [1.29, 1.82) is 0 Å². The van der Waals surface area contributed by atoms with Crippen molar-refractivity contribution >= 4 is 27.6 Å². The van der Waals surface area contributed by atoms with Crippen LogP contribution in [0.1, 0.15) is 27.9 Å². The van der Waals surface area contributed by atoms with E-state index in [0.717, 1.165) is 27.9 Å². The molecule has 1 atom stereocenters. The SMILES string of the molecule is Cc1ccc(S(=O)(=O)N(c2ccccc2)c2n[nH]c3c2C=CC(c2ccccc2)(c2cccnc2)C3)cc1. The average Bonchev–Trinajstić information content (AvgIpc) is 3.37. The van der Waals surface area contributed by atoms with Crippen LogP contribution < -0.4 is 4.31 Å². The molecule has 38 heavy (non-hydrogen) atoms. The van der Waals surface area contributed by atoms with Gasteiger partial charge in [0.15, 0.2) is 5.82 Å². The average molecular weight is 519 g/mol. The molecule has 1 aliphatic carbocycles. The fraction of sp³-hybridized carbons (Fsp3) is 0.0968. The van der Waals surface area contributed by atoms with Crippen molar-refractivity contribution in [3.8, 4) is 0 Å². The summed E-state index contributed by atoms with van der Waals surface area (Å²) >= 11 is 0. The number of sulfonamides is 1. The van der Waals surface area contributed by atoms with Crippen molar-refractivity contribution in [2.75, 3.05) is 4.31 Å². The van der Waals surface area contributed by atoms with Crippen LogP contribution in [-0.2, 0) is 21.9 Å². The molecule has 2 heterocycles. The number of rotatable bonds is 6. The van der Waals surface area contributed by atoms with Crippen LogP contribution in [0.5, 0.6) is 0 Å². The Morgan fingerprint density at radius 3 is 2.21 bits per heavy atom. The van der Waals surface area contributed by atoms with Crippen molar-refractivity contribution in [2.24, 2.45) is 0 Å². The van der Waals surface area contributed by atoms with Crippen molar-refractivity contribution in [1.82, 2.24) is 15.2 Å². The summed E-state index contributed by atoms with van der Waals surface area (Å²) in [6.07, 6.45) is 8.36. The Kier molecular flexibility index (Phi) is 5.93. The number of nitrogens with zero attached hydrogens (tertiary/aromatic N) is 3. The smallest absolute Gasteiger partial charge is 0.269 e. The van der Waals surface area contributed by atoms with Gasteiger partial charge in [-0.25, -0.2) is 12.7 Å². The minimum atomic E-state index is -3.95. The summed E-state index contributed by atoms with van der Waals surface area (Å²) in [5, 5.41) is 7.77. The summed E-state index contributed by atoms with van der Waals surface area (Å²) in [6, 6.07) is 30.2. The number of anilines is 2. The third-order valence-electron chi connectivity index (χ3n) is 7.06. The third kappa shape index (κ3) is 4.01. The first-order chi connectivity index (χ1) is 18.5. The zero-order chi connectivity index (χ0) is 26.2. The molecule has 0 fully saturated rings. The number of fused-ring (bicyclic) bond motifs is 1. The molecule has 188 valence electrons. The zero-order valence-corrected chi connectivity index (χ0v) is 21.6. The summed E-state index contributed by atoms with van der Waals surface area (Å²) in [5.74, 6) is 0.343. The molecule has 5 aromatic rings. The Morgan fingerprint density at radius 1 is 0.842 bits per heavy atom. The first-order valence-corrected chi connectivity index (χ1v) is 13.8. The van der Waals surface area contributed by atoms with Crippen LogP contribution in [0.25, 0.3) is 6.08 Å².